The number of nitrogens with one attached hydrogen (secondary N) is 1. The number of H-pyrrole nitrogens is 1. The quantitative estimate of drug-likeness (QED) is 0.560. The first kappa shape index (κ1) is 16.5. The van der Waals surface area contributed by atoms with Crippen LogP contribution in [0.15, 0.2) is 58.7 Å². The smallest absolute Gasteiger partial charge is 0.258 e. The molecular weight excluding hydrogens is 348 g/mol. The van der Waals surface area contributed by atoms with Crippen molar-refractivity contribution in [2.45, 2.75) is 17.3 Å². The fourth-order valence-corrected chi connectivity index (χ4v) is 3.55. The zero-order valence-electron chi connectivity index (χ0n) is 14.2. The lowest BCUT2D eigenvalue weighted by Crippen LogP contribution is -2.13. The minimum Gasteiger partial charge on any atom is -0.309 e. The minimum absolute atomic E-state index is 0.0829. The highest BCUT2D eigenvalue weighted by Crippen LogP contribution is 2.33. The number of aromatic amines is 1. The van der Waals surface area contributed by atoms with Crippen molar-refractivity contribution >= 4 is 22.7 Å². The molecule has 0 aliphatic rings. The summed E-state index contributed by atoms with van der Waals surface area (Å²) in [4.78, 5) is 23.8. The molecule has 7 nitrogen and oxygen atoms in total. The monoisotopic (exact) mass is 364 g/mol. The van der Waals surface area contributed by atoms with Crippen molar-refractivity contribution in [2.24, 2.45) is 7.05 Å². The van der Waals surface area contributed by atoms with Gasteiger partial charge in [-0.15, -0.1) is 10.2 Å². The first-order valence-electron chi connectivity index (χ1n) is 8.09. The van der Waals surface area contributed by atoms with E-state index in [2.05, 4.69) is 25.1 Å². The summed E-state index contributed by atoms with van der Waals surface area (Å²) in [6.07, 6.45) is 3.45. The summed E-state index contributed by atoms with van der Waals surface area (Å²) in [7, 11) is 1.92. The van der Waals surface area contributed by atoms with Gasteiger partial charge in [-0.3, -0.25) is 9.78 Å². The zero-order valence-corrected chi connectivity index (χ0v) is 15.1. The van der Waals surface area contributed by atoms with Crippen molar-refractivity contribution in [3.05, 3.63) is 65.0 Å². The largest absolute Gasteiger partial charge is 0.309 e. The molecule has 0 saturated heterocycles. The van der Waals surface area contributed by atoms with E-state index < -0.39 is 0 Å². The van der Waals surface area contributed by atoms with Gasteiger partial charge in [0, 0.05) is 25.0 Å². The molecule has 0 aliphatic carbocycles. The molecule has 0 bridgehead atoms. The molecular formula is C18H16N6OS. The number of pyridine rings is 1. The van der Waals surface area contributed by atoms with Gasteiger partial charge in [-0.2, -0.15) is 0 Å². The van der Waals surface area contributed by atoms with Crippen molar-refractivity contribution in [2.75, 3.05) is 0 Å². The molecule has 3 aromatic heterocycles. The molecule has 0 aliphatic heterocycles. The Bertz CT molecular complexity index is 1120. The number of nitrogens with zero attached hydrogens (tertiary/aromatic N) is 5. The first-order chi connectivity index (χ1) is 12.6. The molecule has 1 N–H and O–H groups in total. The number of benzene rings is 1. The molecule has 0 amide bonds. The summed E-state index contributed by atoms with van der Waals surface area (Å²) < 4.78 is 1.93. The van der Waals surface area contributed by atoms with Crippen LogP contribution in [-0.2, 0) is 7.05 Å². The molecule has 1 aromatic carbocycles. The average molecular weight is 364 g/mol. The molecule has 3 heterocycles. The molecule has 0 saturated carbocycles. The van der Waals surface area contributed by atoms with Crippen LogP contribution in [0.4, 0.5) is 0 Å². The van der Waals surface area contributed by atoms with Gasteiger partial charge in [0.25, 0.3) is 5.56 Å². The van der Waals surface area contributed by atoms with E-state index in [1.54, 1.807) is 18.5 Å². The van der Waals surface area contributed by atoms with E-state index in [0.717, 1.165) is 16.5 Å². The van der Waals surface area contributed by atoms with Crippen molar-refractivity contribution < 1.29 is 0 Å². The number of hydrogen-bond donors (Lipinski definition) is 1. The van der Waals surface area contributed by atoms with Gasteiger partial charge < -0.3 is 9.55 Å². The standard InChI is InChI=1S/C18H16N6OS/c1-11(15-20-14-6-4-3-5-13(14)17(25)21-15)26-18-23-22-16(24(18)2)12-7-9-19-10-8-12/h3-11H,1-2H3,(H,20,21,25)/t11-/m1/s1. The lowest BCUT2D eigenvalue weighted by molar-refractivity contribution is 0.786. The summed E-state index contributed by atoms with van der Waals surface area (Å²) in [5.74, 6) is 1.38. The van der Waals surface area contributed by atoms with Crippen molar-refractivity contribution in [3.8, 4) is 11.4 Å². The van der Waals surface area contributed by atoms with Gasteiger partial charge in [0.2, 0.25) is 0 Å². The number of para-hydroxylation sites is 1. The highest BCUT2D eigenvalue weighted by atomic mass is 32.2. The average Bonchev–Trinajstić information content (AvgIpc) is 3.03. The van der Waals surface area contributed by atoms with Gasteiger partial charge >= 0.3 is 0 Å². The minimum atomic E-state index is -0.131. The number of fused-ring (bicyclic) bond motifs is 1. The number of hydrogen-bond acceptors (Lipinski definition) is 6. The summed E-state index contributed by atoms with van der Waals surface area (Å²) >= 11 is 1.50. The number of aromatic nitrogens is 6. The van der Waals surface area contributed by atoms with E-state index in [9.17, 15) is 4.79 Å². The van der Waals surface area contributed by atoms with Crippen LogP contribution < -0.4 is 5.56 Å². The van der Waals surface area contributed by atoms with Gasteiger partial charge in [0.15, 0.2) is 11.0 Å². The molecule has 0 radical (unpaired) electrons. The predicted molar refractivity (Wildman–Crippen MR) is 101 cm³/mol. The molecule has 26 heavy (non-hydrogen) atoms. The topological polar surface area (TPSA) is 89.3 Å². The number of rotatable bonds is 4. The molecule has 0 unspecified atom stereocenters. The summed E-state index contributed by atoms with van der Waals surface area (Å²) in [5, 5.41) is 9.81. The normalized spacial score (nSPS) is 12.4. The van der Waals surface area contributed by atoms with Crippen molar-refractivity contribution in [3.63, 3.8) is 0 Å². The maximum absolute atomic E-state index is 12.3. The SMILES string of the molecule is C[C@@H](Sc1nnc(-c2ccncc2)n1C)c1nc2ccccc2c(=O)[nH]1. The Morgan fingerprint density at radius 1 is 1.12 bits per heavy atom. The second-order valence-electron chi connectivity index (χ2n) is 5.83. The summed E-state index contributed by atoms with van der Waals surface area (Å²) in [6, 6.07) is 11.1. The molecule has 4 aromatic rings. The third-order valence-corrected chi connectivity index (χ3v) is 5.21. The maximum Gasteiger partial charge on any atom is 0.258 e. The third kappa shape index (κ3) is 2.99. The maximum atomic E-state index is 12.3. The first-order valence-corrected chi connectivity index (χ1v) is 8.97. The Hall–Kier alpha value is -3.00. The zero-order chi connectivity index (χ0) is 18.1. The Labute approximate surface area is 153 Å². The van der Waals surface area contributed by atoms with Gasteiger partial charge in [0.05, 0.1) is 16.2 Å². The van der Waals surface area contributed by atoms with Gasteiger partial charge in [-0.05, 0) is 31.2 Å². The Morgan fingerprint density at radius 3 is 2.69 bits per heavy atom. The lowest BCUT2D eigenvalue weighted by atomic mass is 10.2. The Morgan fingerprint density at radius 2 is 1.88 bits per heavy atom. The summed E-state index contributed by atoms with van der Waals surface area (Å²) in [6.45, 7) is 1.98. The number of thioether (sulfide) groups is 1. The van der Waals surface area contributed by atoms with Gasteiger partial charge in [0.1, 0.15) is 5.82 Å². The van der Waals surface area contributed by atoms with E-state index in [0.29, 0.717) is 16.7 Å². The molecule has 8 heteroatoms. The second kappa shape index (κ2) is 6.72. The molecule has 0 fully saturated rings. The Kier molecular flexibility index (Phi) is 4.26. The molecule has 4 rings (SSSR count). The van der Waals surface area contributed by atoms with Crippen LogP contribution in [-0.4, -0.2) is 29.7 Å². The van der Waals surface area contributed by atoms with Crippen molar-refractivity contribution in [1.29, 1.82) is 0 Å². The fraction of sp³-hybridized carbons (Fsp3) is 0.167. The van der Waals surface area contributed by atoms with E-state index in [-0.39, 0.29) is 10.8 Å². The van der Waals surface area contributed by atoms with E-state index in [1.165, 1.54) is 11.8 Å². The molecule has 0 spiro atoms. The van der Waals surface area contributed by atoms with Gasteiger partial charge in [-0.1, -0.05) is 23.9 Å². The lowest BCUT2D eigenvalue weighted by Gasteiger charge is -2.11. The second-order valence-corrected chi connectivity index (χ2v) is 7.14. The van der Waals surface area contributed by atoms with Crippen LogP contribution in [0.3, 0.4) is 0 Å². The van der Waals surface area contributed by atoms with Crippen LogP contribution in [0.5, 0.6) is 0 Å². The van der Waals surface area contributed by atoms with E-state index >= 15 is 0 Å². The molecule has 1 atom stereocenters. The third-order valence-electron chi connectivity index (χ3n) is 4.07. The van der Waals surface area contributed by atoms with Crippen LogP contribution in [0, 0.1) is 0 Å². The predicted octanol–water partition coefficient (Wildman–Crippen LogP) is 2.97. The highest BCUT2D eigenvalue weighted by molar-refractivity contribution is 7.99. The van der Waals surface area contributed by atoms with Gasteiger partial charge in [-0.25, -0.2) is 4.98 Å². The van der Waals surface area contributed by atoms with E-state index in [4.69, 9.17) is 0 Å². The van der Waals surface area contributed by atoms with Crippen LogP contribution in [0.25, 0.3) is 22.3 Å². The van der Waals surface area contributed by atoms with E-state index in [1.807, 2.05) is 48.9 Å². The molecule has 130 valence electrons. The highest BCUT2D eigenvalue weighted by Gasteiger charge is 2.17. The fourth-order valence-electron chi connectivity index (χ4n) is 2.68. The summed E-state index contributed by atoms with van der Waals surface area (Å²) in [5.41, 5.74) is 1.51. The van der Waals surface area contributed by atoms with Crippen molar-refractivity contribution in [1.82, 2.24) is 29.7 Å². The van der Waals surface area contributed by atoms with Crippen LogP contribution in [0.2, 0.25) is 0 Å². The van der Waals surface area contributed by atoms with Crippen LogP contribution in [0.1, 0.15) is 18.0 Å². The Balaban J connectivity index is 1.64. The van der Waals surface area contributed by atoms with Crippen LogP contribution >= 0.6 is 11.8 Å².